The number of nitrogens with one attached hydrogen (secondary N) is 1. The average Bonchev–Trinajstić information content (AvgIpc) is 2.80. The number of benzene rings is 1. The van der Waals surface area contributed by atoms with Gasteiger partial charge in [0.25, 0.3) is 0 Å². The van der Waals surface area contributed by atoms with Crippen LogP contribution in [0.2, 0.25) is 0 Å². The van der Waals surface area contributed by atoms with Gasteiger partial charge in [-0.3, -0.25) is 4.79 Å². The summed E-state index contributed by atoms with van der Waals surface area (Å²) < 4.78 is 0. The van der Waals surface area contributed by atoms with Gasteiger partial charge >= 0.3 is 0 Å². The molecule has 1 amide bonds. The van der Waals surface area contributed by atoms with E-state index >= 15 is 0 Å². The molecule has 1 aromatic rings. The Morgan fingerprint density at radius 2 is 2.29 bits per heavy atom. The SMILES string of the molecule is CNC(=O)C1CCCN1c1cc(C)ccc1N. The third kappa shape index (κ3) is 2.20. The third-order valence-corrected chi connectivity index (χ3v) is 3.30. The lowest BCUT2D eigenvalue weighted by Gasteiger charge is -2.27. The second kappa shape index (κ2) is 4.65. The van der Waals surface area contributed by atoms with Crippen molar-refractivity contribution < 1.29 is 4.79 Å². The molecule has 2 rings (SSSR count). The summed E-state index contributed by atoms with van der Waals surface area (Å²) in [5.41, 5.74) is 8.89. The van der Waals surface area contributed by atoms with Gasteiger partial charge in [-0.05, 0) is 37.5 Å². The summed E-state index contributed by atoms with van der Waals surface area (Å²) >= 11 is 0. The van der Waals surface area contributed by atoms with Gasteiger partial charge in [0.1, 0.15) is 6.04 Å². The number of rotatable bonds is 2. The molecule has 4 heteroatoms. The van der Waals surface area contributed by atoms with Crippen molar-refractivity contribution in [2.45, 2.75) is 25.8 Å². The summed E-state index contributed by atoms with van der Waals surface area (Å²) in [4.78, 5) is 13.9. The molecule has 1 aliphatic rings. The molecule has 0 spiro atoms. The Hall–Kier alpha value is -1.71. The smallest absolute Gasteiger partial charge is 0.242 e. The van der Waals surface area contributed by atoms with Crippen LogP contribution in [0.1, 0.15) is 18.4 Å². The molecular weight excluding hydrogens is 214 g/mol. The van der Waals surface area contributed by atoms with Crippen LogP contribution in [0, 0.1) is 6.92 Å². The van der Waals surface area contributed by atoms with Gasteiger partial charge in [-0.2, -0.15) is 0 Å². The molecule has 0 radical (unpaired) electrons. The van der Waals surface area contributed by atoms with Crippen molar-refractivity contribution >= 4 is 17.3 Å². The van der Waals surface area contributed by atoms with Crippen LogP contribution in [0.25, 0.3) is 0 Å². The predicted molar refractivity (Wildman–Crippen MR) is 70.0 cm³/mol. The molecule has 0 aromatic heterocycles. The number of anilines is 2. The third-order valence-electron chi connectivity index (χ3n) is 3.30. The number of hydrogen-bond acceptors (Lipinski definition) is 3. The Morgan fingerprint density at radius 3 is 3.00 bits per heavy atom. The predicted octanol–water partition coefficient (Wildman–Crippen LogP) is 1.29. The van der Waals surface area contributed by atoms with Gasteiger partial charge in [0.2, 0.25) is 5.91 Å². The Kier molecular flexibility index (Phi) is 3.22. The Balaban J connectivity index is 2.32. The number of amides is 1. The number of nitrogens with two attached hydrogens (primary N) is 1. The molecule has 0 saturated carbocycles. The van der Waals surface area contributed by atoms with Crippen molar-refractivity contribution in [1.82, 2.24) is 5.32 Å². The highest BCUT2D eigenvalue weighted by Gasteiger charge is 2.31. The number of nitrogens with zero attached hydrogens (tertiary/aromatic N) is 1. The van der Waals surface area contributed by atoms with E-state index in [1.54, 1.807) is 7.05 Å². The summed E-state index contributed by atoms with van der Waals surface area (Å²) in [5.74, 6) is 0.0726. The lowest BCUT2D eigenvalue weighted by Crippen LogP contribution is -2.42. The molecule has 0 bridgehead atoms. The van der Waals surface area contributed by atoms with Crippen LogP contribution in [-0.4, -0.2) is 25.5 Å². The first-order valence-electron chi connectivity index (χ1n) is 5.98. The monoisotopic (exact) mass is 233 g/mol. The van der Waals surface area contributed by atoms with Gasteiger partial charge in [0.05, 0.1) is 11.4 Å². The van der Waals surface area contributed by atoms with E-state index in [9.17, 15) is 4.79 Å². The minimum atomic E-state index is -0.0795. The molecular formula is C13H19N3O. The Morgan fingerprint density at radius 1 is 1.53 bits per heavy atom. The fourth-order valence-corrected chi connectivity index (χ4v) is 2.40. The highest BCUT2D eigenvalue weighted by molar-refractivity contribution is 5.87. The summed E-state index contributed by atoms with van der Waals surface area (Å²) in [5, 5.41) is 2.72. The largest absolute Gasteiger partial charge is 0.397 e. The lowest BCUT2D eigenvalue weighted by atomic mass is 10.1. The summed E-state index contributed by atoms with van der Waals surface area (Å²) in [6, 6.07) is 5.87. The van der Waals surface area contributed by atoms with Crippen LogP contribution in [-0.2, 0) is 4.79 Å². The van der Waals surface area contributed by atoms with Gasteiger partial charge in [-0.15, -0.1) is 0 Å². The first-order chi connectivity index (χ1) is 8.13. The van der Waals surface area contributed by atoms with Crippen molar-refractivity contribution in [3.8, 4) is 0 Å². The summed E-state index contributed by atoms with van der Waals surface area (Å²) in [6.45, 7) is 2.93. The van der Waals surface area contributed by atoms with Crippen molar-refractivity contribution in [1.29, 1.82) is 0 Å². The van der Waals surface area contributed by atoms with E-state index in [1.165, 1.54) is 0 Å². The normalized spacial score (nSPS) is 19.4. The van der Waals surface area contributed by atoms with E-state index in [-0.39, 0.29) is 11.9 Å². The van der Waals surface area contributed by atoms with Crippen LogP contribution < -0.4 is 16.0 Å². The summed E-state index contributed by atoms with van der Waals surface area (Å²) in [6.07, 6.45) is 1.93. The Labute approximate surface area is 102 Å². The number of aryl methyl sites for hydroxylation is 1. The van der Waals surface area contributed by atoms with E-state index < -0.39 is 0 Å². The van der Waals surface area contributed by atoms with Crippen LogP contribution in [0.3, 0.4) is 0 Å². The van der Waals surface area contributed by atoms with Crippen LogP contribution in [0.15, 0.2) is 18.2 Å². The Bertz CT molecular complexity index is 431. The molecule has 1 saturated heterocycles. The molecule has 1 aliphatic heterocycles. The average molecular weight is 233 g/mol. The number of carbonyl (C=O) groups excluding carboxylic acids is 1. The molecule has 0 aliphatic carbocycles. The number of nitrogen functional groups attached to an aromatic ring is 1. The minimum Gasteiger partial charge on any atom is -0.397 e. The molecule has 4 nitrogen and oxygen atoms in total. The van der Waals surface area contributed by atoms with E-state index in [4.69, 9.17) is 5.73 Å². The van der Waals surface area contributed by atoms with Crippen LogP contribution in [0.4, 0.5) is 11.4 Å². The highest BCUT2D eigenvalue weighted by Crippen LogP contribution is 2.31. The highest BCUT2D eigenvalue weighted by atomic mass is 16.2. The first kappa shape index (κ1) is 11.8. The topological polar surface area (TPSA) is 58.4 Å². The fraction of sp³-hybridized carbons (Fsp3) is 0.462. The lowest BCUT2D eigenvalue weighted by molar-refractivity contribution is -0.121. The summed E-state index contributed by atoms with van der Waals surface area (Å²) in [7, 11) is 1.68. The molecule has 1 unspecified atom stereocenters. The van der Waals surface area contributed by atoms with Crippen molar-refractivity contribution in [3.05, 3.63) is 23.8 Å². The quantitative estimate of drug-likeness (QED) is 0.757. The molecule has 1 heterocycles. The molecule has 17 heavy (non-hydrogen) atoms. The van der Waals surface area contributed by atoms with E-state index in [2.05, 4.69) is 16.3 Å². The van der Waals surface area contributed by atoms with Gasteiger partial charge in [-0.25, -0.2) is 0 Å². The molecule has 1 atom stereocenters. The van der Waals surface area contributed by atoms with Crippen LogP contribution >= 0.6 is 0 Å². The van der Waals surface area contributed by atoms with E-state index in [1.807, 2.05) is 19.1 Å². The van der Waals surface area contributed by atoms with Crippen molar-refractivity contribution in [2.75, 3.05) is 24.2 Å². The maximum Gasteiger partial charge on any atom is 0.242 e. The van der Waals surface area contributed by atoms with Crippen LogP contribution in [0.5, 0.6) is 0 Å². The molecule has 3 N–H and O–H groups in total. The van der Waals surface area contributed by atoms with Gasteiger partial charge in [-0.1, -0.05) is 6.07 Å². The first-order valence-corrected chi connectivity index (χ1v) is 5.98. The van der Waals surface area contributed by atoms with E-state index in [0.717, 1.165) is 36.3 Å². The standard InChI is InChI=1S/C13H19N3O/c1-9-5-6-10(14)12(8-9)16-7-3-4-11(16)13(17)15-2/h5-6,8,11H,3-4,7,14H2,1-2H3,(H,15,17). The van der Waals surface area contributed by atoms with Gasteiger partial charge < -0.3 is 16.0 Å². The number of likely N-dealkylation sites (N-methyl/N-ethyl adjacent to an activating group) is 1. The van der Waals surface area contributed by atoms with Crippen molar-refractivity contribution in [2.24, 2.45) is 0 Å². The van der Waals surface area contributed by atoms with E-state index in [0.29, 0.717) is 0 Å². The maximum absolute atomic E-state index is 11.8. The molecule has 92 valence electrons. The molecule has 1 aromatic carbocycles. The van der Waals surface area contributed by atoms with Crippen molar-refractivity contribution in [3.63, 3.8) is 0 Å². The van der Waals surface area contributed by atoms with Gasteiger partial charge in [0, 0.05) is 13.6 Å². The van der Waals surface area contributed by atoms with Gasteiger partial charge in [0.15, 0.2) is 0 Å². The maximum atomic E-state index is 11.8. The molecule has 1 fully saturated rings. The fourth-order valence-electron chi connectivity index (χ4n) is 2.40. The number of hydrogen-bond donors (Lipinski definition) is 2. The number of carbonyl (C=O) groups is 1. The second-order valence-corrected chi connectivity index (χ2v) is 4.53. The zero-order valence-electron chi connectivity index (χ0n) is 10.4. The zero-order valence-corrected chi connectivity index (χ0v) is 10.4. The second-order valence-electron chi connectivity index (χ2n) is 4.53. The minimum absolute atomic E-state index is 0.0726. The zero-order chi connectivity index (χ0) is 12.4.